The summed E-state index contributed by atoms with van der Waals surface area (Å²) in [4.78, 5) is 0.277. The molecule has 0 radical (unpaired) electrons. The topological polar surface area (TPSA) is 35.2 Å². The van der Waals surface area contributed by atoms with Gasteiger partial charge in [0, 0.05) is 22.2 Å². The van der Waals surface area contributed by atoms with Crippen LogP contribution in [0.15, 0.2) is 36.4 Å². The highest BCUT2D eigenvalue weighted by Gasteiger charge is 2.06. The zero-order chi connectivity index (χ0) is 14.7. The minimum atomic E-state index is -0.529. The lowest BCUT2D eigenvalue weighted by Crippen LogP contribution is -2.09. The first-order chi connectivity index (χ1) is 9.47. The van der Waals surface area contributed by atoms with E-state index in [1.807, 2.05) is 0 Å². The minimum Gasteiger partial charge on any atom is -0.489 e. The van der Waals surface area contributed by atoms with E-state index in [0.717, 1.165) is 5.56 Å². The van der Waals surface area contributed by atoms with Crippen molar-refractivity contribution in [1.82, 2.24) is 0 Å². The lowest BCUT2D eigenvalue weighted by molar-refractivity contribution is 0.304. The number of benzene rings is 2. The molecule has 0 heterocycles. The number of ether oxygens (including phenoxy) is 1. The van der Waals surface area contributed by atoms with Gasteiger partial charge in [-0.3, -0.25) is 0 Å². The number of hydrogen-bond acceptors (Lipinski definition) is 2. The summed E-state index contributed by atoms with van der Waals surface area (Å²) in [5, 5.41) is 0.543. The fraction of sp³-hybridized carbons (Fsp3) is 0.0714. The average Bonchev–Trinajstić information content (AvgIpc) is 2.41. The van der Waals surface area contributed by atoms with E-state index >= 15 is 0 Å². The standard InChI is InChI=1S/C14H10Cl2FNOS/c15-11-4-3-10(6-13(11)17)19-7-9-2-1-8(14(18)20)5-12(9)16/h1-6H,7H2,(H2,18,20). The first-order valence-electron chi connectivity index (χ1n) is 5.63. The Labute approximate surface area is 131 Å². The molecule has 2 aromatic rings. The van der Waals surface area contributed by atoms with Crippen molar-refractivity contribution in [3.63, 3.8) is 0 Å². The van der Waals surface area contributed by atoms with E-state index in [1.165, 1.54) is 12.1 Å². The van der Waals surface area contributed by atoms with E-state index in [0.29, 0.717) is 16.3 Å². The van der Waals surface area contributed by atoms with Crippen LogP contribution in [0.25, 0.3) is 0 Å². The molecule has 0 atom stereocenters. The van der Waals surface area contributed by atoms with Gasteiger partial charge in [-0.1, -0.05) is 47.6 Å². The van der Waals surface area contributed by atoms with E-state index in [1.54, 1.807) is 24.3 Å². The van der Waals surface area contributed by atoms with Gasteiger partial charge in [-0.15, -0.1) is 0 Å². The van der Waals surface area contributed by atoms with Crippen LogP contribution >= 0.6 is 35.4 Å². The Hall–Kier alpha value is -1.36. The van der Waals surface area contributed by atoms with Crippen LogP contribution in [0.1, 0.15) is 11.1 Å². The van der Waals surface area contributed by atoms with Gasteiger partial charge in [0.15, 0.2) is 0 Å². The number of hydrogen-bond donors (Lipinski definition) is 1. The molecule has 0 aliphatic carbocycles. The van der Waals surface area contributed by atoms with Crippen LogP contribution in [-0.4, -0.2) is 4.99 Å². The van der Waals surface area contributed by atoms with Crippen LogP contribution < -0.4 is 10.5 Å². The first kappa shape index (κ1) is 15.0. The summed E-state index contributed by atoms with van der Waals surface area (Å²) in [6.45, 7) is 0.206. The molecule has 104 valence electrons. The smallest absolute Gasteiger partial charge is 0.145 e. The van der Waals surface area contributed by atoms with Crippen LogP contribution in [0, 0.1) is 5.82 Å². The highest BCUT2D eigenvalue weighted by molar-refractivity contribution is 7.80. The van der Waals surface area contributed by atoms with E-state index in [-0.39, 0.29) is 16.6 Å². The van der Waals surface area contributed by atoms with E-state index in [2.05, 4.69) is 0 Å². The van der Waals surface area contributed by atoms with Crippen LogP contribution in [-0.2, 0) is 6.61 Å². The number of rotatable bonds is 4. The second-order valence-corrected chi connectivity index (χ2v) is 5.29. The van der Waals surface area contributed by atoms with Crippen LogP contribution in [0.3, 0.4) is 0 Å². The highest BCUT2D eigenvalue weighted by atomic mass is 35.5. The molecule has 0 unspecified atom stereocenters. The summed E-state index contributed by atoms with van der Waals surface area (Å²) >= 11 is 16.6. The summed E-state index contributed by atoms with van der Waals surface area (Å²) in [5.41, 5.74) is 6.95. The number of halogens is 3. The van der Waals surface area contributed by atoms with Crippen molar-refractivity contribution in [2.75, 3.05) is 0 Å². The third-order valence-corrected chi connectivity index (χ3v) is 3.52. The zero-order valence-electron chi connectivity index (χ0n) is 10.2. The Morgan fingerprint density at radius 3 is 2.50 bits per heavy atom. The molecule has 2 N–H and O–H groups in total. The largest absolute Gasteiger partial charge is 0.489 e. The maximum absolute atomic E-state index is 13.3. The van der Waals surface area contributed by atoms with Gasteiger partial charge in [0.2, 0.25) is 0 Å². The van der Waals surface area contributed by atoms with Crippen molar-refractivity contribution in [3.8, 4) is 5.75 Å². The summed E-state index contributed by atoms with van der Waals surface area (Å²) in [6.07, 6.45) is 0. The molecule has 0 saturated heterocycles. The summed E-state index contributed by atoms with van der Waals surface area (Å²) in [6, 6.07) is 9.44. The maximum Gasteiger partial charge on any atom is 0.145 e. The molecule has 20 heavy (non-hydrogen) atoms. The van der Waals surface area contributed by atoms with Gasteiger partial charge in [0.25, 0.3) is 0 Å². The molecule has 0 spiro atoms. The van der Waals surface area contributed by atoms with Gasteiger partial charge < -0.3 is 10.5 Å². The summed E-state index contributed by atoms with van der Waals surface area (Å²) in [5.74, 6) is -0.152. The Balaban J connectivity index is 2.10. The lowest BCUT2D eigenvalue weighted by Gasteiger charge is -2.09. The van der Waals surface area contributed by atoms with Crippen molar-refractivity contribution < 1.29 is 9.13 Å². The molecule has 0 bridgehead atoms. The lowest BCUT2D eigenvalue weighted by atomic mass is 10.1. The second-order valence-electron chi connectivity index (χ2n) is 4.04. The van der Waals surface area contributed by atoms with Crippen molar-refractivity contribution in [3.05, 3.63) is 63.4 Å². The summed E-state index contributed by atoms with van der Waals surface area (Å²) < 4.78 is 18.7. The zero-order valence-corrected chi connectivity index (χ0v) is 12.5. The van der Waals surface area contributed by atoms with E-state index in [9.17, 15) is 4.39 Å². The fourth-order valence-electron chi connectivity index (χ4n) is 1.55. The van der Waals surface area contributed by atoms with Crippen LogP contribution in [0.2, 0.25) is 10.0 Å². The van der Waals surface area contributed by atoms with Crippen LogP contribution in [0.4, 0.5) is 4.39 Å². The second kappa shape index (κ2) is 6.39. The molecular weight excluding hydrogens is 320 g/mol. The van der Waals surface area contributed by atoms with Gasteiger partial charge in [0.1, 0.15) is 23.2 Å². The molecule has 0 fully saturated rings. The van der Waals surface area contributed by atoms with E-state index in [4.69, 9.17) is 45.9 Å². The minimum absolute atomic E-state index is 0.0520. The molecule has 0 aromatic heterocycles. The predicted molar refractivity (Wildman–Crippen MR) is 83.1 cm³/mol. The summed E-state index contributed by atoms with van der Waals surface area (Å²) in [7, 11) is 0. The Morgan fingerprint density at radius 1 is 1.15 bits per heavy atom. The van der Waals surface area contributed by atoms with Crippen LogP contribution in [0.5, 0.6) is 5.75 Å². The van der Waals surface area contributed by atoms with Gasteiger partial charge in [0.05, 0.1) is 5.02 Å². The monoisotopic (exact) mass is 329 g/mol. The molecule has 2 aromatic carbocycles. The molecule has 0 saturated carbocycles. The molecule has 6 heteroatoms. The highest BCUT2D eigenvalue weighted by Crippen LogP contribution is 2.23. The third-order valence-electron chi connectivity index (χ3n) is 2.62. The van der Waals surface area contributed by atoms with Gasteiger partial charge in [-0.25, -0.2) is 4.39 Å². The Kier molecular flexibility index (Phi) is 4.81. The van der Waals surface area contributed by atoms with Crippen molar-refractivity contribution in [2.24, 2.45) is 5.73 Å². The Bertz CT molecular complexity index is 664. The van der Waals surface area contributed by atoms with Crippen molar-refractivity contribution >= 4 is 40.4 Å². The molecule has 0 amide bonds. The SMILES string of the molecule is NC(=S)c1ccc(COc2ccc(Cl)c(F)c2)c(Cl)c1. The molecule has 2 nitrogen and oxygen atoms in total. The van der Waals surface area contributed by atoms with Gasteiger partial charge in [-0.05, 0) is 18.2 Å². The van der Waals surface area contributed by atoms with Crippen molar-refractivity contribution in [1.29, 1.82) is 0 Å². The van der Waals surface area contributed by atoms with Gasteiger partial charge >= 0.3 is 0 Å². The quantitative estimate of drug-likeness (QED) is 0.847. The predicted octanol–water partition coefficient (Wildman–Crippen LogP) is 4.35. The Morgan fingerprint density at radius 2 is 1.90 bits per heavy atom. The van der Waals surface area contributed by atoms with Gasteiger partial charge in [-0.2, -0.15) is 0 Å². The molecular formula is C14H10Cl2FNOS. The first-order valence-corrected chi connectivity index (χ1v) is 6.80. The third kappa shape index (κ3) is 3.60. The maximum atomic E-state index is 13.3. The fourth-order valence-corrected chi connectivity index (χ4v) is 2.02. The molecule has 0 aliphatic rings. The van der Waals surface area contributed by atoms with Crippen molar-refractivity contribution in [2.45, 2.75) is 6.61 Å². The average molecular weight is 330 g/mol. The number of nitrogens with two attached hydrogens (primary N) is 1. The molecule has 2 rings (SSSR count). The van der Waals surface area contributed by atoms with E-state index < -0.39 is 5.82 Å². The molecule has 0 aliphatic heterocycles. The number of thiocarbonyl (C=S) groups is 1. The normalized spacial score (nSPS) is 10.3.